The van der Waals surface area contributed by atoms with Gasteiger partial charge in [-0.15, -0.1) is 0 Å². The summed E-state index contributed by atoms with van der Waals surface area (Å²) in [5.41, 5.74) is 8.13. The highest BCUT2D eigenvalue weighted by molar-refractivity contribution is 9.10. The van der Waals surface area contributed by atoms with E-state index in [9.17, 15) is 9.90 Å². The van der Waals surface area contributed by atoms with Crippen LogP contribution in [0.25, 0.3) is 0 Å². The lowest BCUT2D eigenvalue weighted by Gasteiger charge is -2.23. The molecule has 0 saturated heterocycles. The molecule has 48 heavy (non-hydrogen) atoms. The molecule has 8 bridgehead atoms. The summed E-state index contributed by atoms with van der Waals surface area (Å²) < 4.78 is 27.1. The third-order valence-electron chi connectivity index (χ3n) is 8.38. The third kappa shape index (κ3) is 8.35. The first-order valence-electron chi connectivity index (χ1n) is 17.3. The zero-order chi connectivity index (χ0) is 34.0. The summed E-state index contributed by atoms with van der Waals surface area (Å²) in [6.07, 6.45) is 5.59. The van der Waals surface area contributed by atoms with Crippen molar-refractivity contribution in [2.24, 2.45) is 0 Å². The van der Waals surface area contributed by atoms with Crippen molar-refractivity contribution >= 4 is 21.9 Å². The lowest BCUT2D eigenvalue weighted by Crippen LogP contribution is -2.11. The second kappa shape index (κ2) is 16.9. The smallest absolute Gasteiger partial charge is 0.335 e. The summed E-state index contributed by atoms with van der Waals surface area (Å²) >= 11 is 3.82. The van der Waals surface area contributed by atoms with Gasteiger partial charge in [0.25, 0.3) is 0 Å². The van der Waals surface area contributed by atoms with Crippen LogP contribution in [0.15, 0.2) is 65.1 Å². The summed E-state index contributed by atoms with van der Waals surface area (Å²) in [6.45, 7) is 10.7. The SMILES string of the molecule is CCCOc1c2cccc1Cc1cc(C(=O)O)cc(c1OCCC)Cc1cccc(c1OCCC)Cc1cc(Br)cc(c1OCCC)C2. The van der Waals surface area contributed by atoms with Crippen LogP contribution in [0.2, 0.25) is 0 Å². The molecule has 0 fully saturated rings. The molecule has 5 rings (SSSR count). The molecule has 0 spiro atoms. The largest absolute Gasteiger partial charge is 0.493 e. The minimum atomic E-state index is -0.968. The molecule has 0 unspecified atom stereocenters. The van der Waals surface area contributed by atoms with Crippen molar-refractivity contribution in [3.8, 4) is 23.0 Å². The molecule has 0 radical (unpaired) electrons. The number of rotatable bonds is 13. The molecule has 254 valence electrons. The quantitative estimate of drug-likeness (QED) is 0.131. The van der Waals surface area contributed by atoms with Crippen molar-refractivity contribution in [3.05, 3.63) is 115 Å². The Morgan fingerprint density at radius 1 is 0.542 bits per heavy atom. The minimum absolute atomic E-state index is 0.238. The number of hydrogen-bond acceptors (Lipinski definition) is 5. The number of para-hydroxylation sites is 2. The first-order chi connectivity index (χ1) is 23.4. The molecular weight excluding hydrogens is 668 g/mol. The number of fused-ring (bicyclic) bond motifs is 8. The van der Waals surface area contributed by atoms with Gasteiger partial charge in [0.15, 0.2) is 0 Å². The van der Waals surface area contributed by atoms with E-state index in [-0.39, 0.29) is 5.56 Å². The van der Waals surface area contributed by atoms with E-state index >= 15 is 0 Å². The van der Waals surface area contributed by atoms with Gasteiger partial charge in [-0.05, 0) is 83.3 Å². The van der Waals surface area contributed by atoms with Crippen molar-refractivity contribution in [1.82, 2.24) is 0 Å². The van der Waals surface area contributed by atoms with Gasteiger partial charge in [0, 0.05) is 41.3 Å². The number of ether oxygens (including phenoxy) is 4. The maximum Gasteiger partial charge on any atom is 0.335 e. The first kappa shape index (κ1) is 35.3. The van der Waals surface area contributed by atoms with Gasteiger partial charge in [-0.3, -0.25) is 0 Å². The van der Waals surface area contributed by atoms with Crippen molar-refractivity contribution in [3.63, 3.8) is 0 Å². The predicted molar refractivity (Wildman–Crippen MR) is 195 cm³/mol. The average Bonchev–Trinajstić information content (AvgIpc) is 3.06. The van der Waals surface area contributed by atoms with E-state index in [4.69, 9.17) is 18.9 Å². The van der Waals surface area contributed by atoms with Crippen LogP contribution in [0.1, 0.15) is 108 Å². The summed E-state index contributed by atoms with van der Waals surface area (Å²) in [7, 11) is 0. The topological polar surface area (TPSA) is 74.2 Å². The minimum Gasteiger partial charge on any atom is -0.493 e. The van der Waals surface area contributed by atoms with E-state index in [2.05, 4.69) is 92.2 Å². The summed E-state index contributed by atoms with van der Waals surface area (Å²) in [6, 6.07) is 20.4. The van der Waals surface area contributed by atoms with Crippen molar-refractivity contribution < 1.29 is 28.8 Å². The lowest BCUT2D eigenvalue weighted by atomic mass is 9.90. The fraction of sp³-hybridized carbons (Fsp3) is 0.390. The normalized spacial score (nSPS) is 12.4. The first-order valence-corrected chi connectivity index (χ1v) is 18.1. The molecule has 0 aromatic heterocycles. The highest BCUT2D eigenvalue weighted by Gasteiger charge is 2.23. The molecule has 0 amide bonds. The summed E-state index contributed by atoms with van der Waals surface area (Å²) in [5, 5.41) is 10.3. The van der Waals surface area contributed by atoms with Gasteiger partial charge in [-0.25, -0.2) is 4.79 Å². The van der Waals surface area contributed by atoms with Crippen molar-refractivity contribution in [2.75, 3.05) is 26.4 Å². The fourth-order valence-electron chi connectivity index (χ4n) is 6.33. The highest BCUT2D eigenvalue weighted by atomic mass is 79.9. The summed E-state index contributed by atoms with van der Waals surface area (Å²) in [5.74, 6) is 2.33. The molecule has 0 aliphatic heterocycles. The molecule has 1 aliphatic carbocycles. The average molecular weight is 716 g/mol. The van der Waals surface area contributed by atoms with Crippen LogP contribution in [0.3, 0.4) is 0 Å². The molecule has 0 atom stereocenters. The molecule has 4 aromatic carbocycles. The molecule has 6 nitrogen and oxygen atoms in total. The van der Waals surface area contributed by atoms with Crippen LogP contribution in [0.4, 0.5) is 0 Å². The van der Waals surface area contributed by atoms with E-state index in [0.717, 1.165) is 97.7 Å². The molecule has 4 aromatic rings. The van der Waals surface area contributed by atoms with Gasteiger partial charge in [-0.2, -0.15) is 0 Å². The second-order valence-electron chi connectivity index (χ2n) is 12.4. The monoisotopic (exact) mass is 714 g/mol. The molecule has 0 saturated carbocycles. The van der Waals surface area contributed by atoms with E-state index in [0.29, 0.717) is 52.1 Å². The Kier molecular flexibility index (Phi) is 12.5. The number of carboxylic acids is 1. The maximum absolute atomic E-state index is 12.5. The van der Waals surface area contributed by atoms with Crippen LogP contribution in [-0.2, 0) is 25.7 Å². The lowest BCUT2D eigenvalue weighted by molar-refractivity contribution is 0.0696. The van der Waals surface area contributed by atoms with E-state index in [1.54, 1.807) is 12.1 Å². The van der Waals surface area contributed by atoms with E-state index in [1.807, 2.05) is 0 Å². The Balaban J connectivity index is 1.82. The number of carbonyl (C=O) groups is 1. The number of hydrogen-bond donors (Lipinski definition) is 1. The molecule has 1 N–H and O–H groups in total. The zero-order valence-electron chi connectivity index (χ0n) is 28.6. The van der Waals surface area contributed by atoms with Crippen LogP contribution in [0, 0.1) is 0 Å². The van der Waals surface area contributed by atoms with Gasteiger partial charge in [0.2, 0.25) is 0 Å². The zero-order valence-corrected chi connectivity index (χ0v) is 30.2. The number of aromatic carboxylic acids is 1. The van der Waals surface area contributed by atoms with Crippen molar-refractivity contribution in [1.29, 1.82) is 0 Å². The molecule has 0 heterocycles. The second-order valence-corrected chi connectivity index (χ2v) is 13.3. The maximum atomic E-state index is 12.5. The van der Waals surface area contributed by atoms with Crippen molar-refractivity contribution in [2.45, 2.75) is 79.1 Å². The number of halogens is 1. The van der Waals surface area contributed by atoms with Crippen LogP contribution < -0.4 is 18.9 Å². The van der Waals surface area contributed by atoms with Gasteiger partial charge in [0.05, 0.1) is 32.0 Å². The van der Waals surface area contributed by atoms with Crippen LogP contribution in [0.5, 0.6) is 23.0 Å². The van der Waals surface area contributed by atoms with Gasteiger partial charge >= 0.3 is 5.97 Å². The molecular formula is C41H47BrO6. The fourth-order valence-corrected chi connectivity index (χ4v) is 6.88. The Labute approximate surface area is 293 Å². The van der Waals surface area contributed by atoms with E-state index in [1.165, 1.54) is 0 Å². The number of carboxylic acid groups (broad SMARTS) is 1. The summed E-state index contributed by atoms with van der Waals surface area (Å²) in [4.78, 5) is 12.5. The molecule has 1 aliphatic rings. The third-order valence-corrected chi connectivity index (χ3v) is 8.84. The predicted octanol–water partition coefficient (Wildman–Crippen LogP) is 9.98. The van der Waals surface area contributed by atoms with E-state index < -0.39 is 5.97 Å². The van der Waals surface area contributed by atoms with Crippen LogP contribution >= 0.6 is 15.9 Å². The van der Waals surface area contributed by atoms with Crippen LogP contribution in [-0.4, -0.2) is 37.5 Å². The van der Waals surface area contributed by atoms with Gasteiger partial charge in [0.1, 0.15) is 23.0 Å². The Bertz CT molecular complexity index is 1620. The van der Waals surface area contributed by atoms with Gasteiger partial charge in [-0.1, -0.05) is 80.0 Å². The molecule has 7 heteroatoms. The Morgan fingerprint density at radius 2 is 0.833 bits per heavy atom. The Morgan fingerprint density at radius 3 is 1.12 bits per heavy atom. The van der Waals surface area contributed by atoms with Gasteiger partial charge < -0.3 is 24.1 Å². The highest BCUT2D eigenvalue weighted by Crippen LogP contribution is 2.40. The standard InChI is InChI=1S/C41H47BrO6/c1-5-15-45-37-27-11-9-13-29(37)21-33-25-36(42)26-34(40(33)48-18-8-4)22-30-14-10-12-28(38(30)46-16-6-2)20-32-24-35(41(43)44)23-31(19-27)39(32)47-17-7-3/h9-14,23-26H,5-8,15-22H2,1-4H3,(H,43,44). The number of benzene rings is 4. The Hall–Kier alpha value is -3.97.